The highest BCUT2D eigenvalue weighted by atomic mass is 19.1. The van der Waals surface area contributed by atoms with Crippen LogP contribution in [0, 0.1) is 5.82 Å². The summed E-state index contributed by atoms with van der Waals surface area (Å²) in [6.45, 7) is 0. The Morgan fingerprint density at radius 3 is 2.38 bits per heavy atom. The van der Waals surface area contributed by atoms with E-state index in [1.807, 2.05) is 0 Å². The minimum atomic E-state index is -0.789. The number of nitrogens with one attached hydrogen (secondary N) is 1. The van der Waals surface area contributed by atoms with Gasteiger partial charge in [-0.3, -0.25) is 4.79 Å². The van der Waals surface area contributed by atoms with Crippen molar-refractivity contribution in [2.75, 3.05) is 0 Å². The van der Waals surface area contributed by atoms with Crippen molar-refractivity contribution >= 4 is 5.97 Å². The summed E-state index contributed by atoms with van der Waals surface area (Å²) in [5.74, 6) is -1.05. The summed E-state index contributed by atoms with van der Waals surface area (Å²) in [5, 5.41) is 12.6. The Labute approximate surface area is 125 Å². The summed E-state index contributed by atoms with van der Waals surface area (Å²) in [4.78, 5) is 11.1. The second kappa shape index (κ2) is 8.13. The predicted molar refractivity (Wildman–Crippen MR) is 80.8 cm³/mol. The molecule has 0 amide bonds. The van der Waals surface area contributed by atoms with Crippen LogP contribution in [-0.2, 0) is 11.2 Å². The first-order valence-electron chi connectivity index (χ1n) is 7.86. The van der Waals surface area contributed by atoms with E-state index in [9.17, 15) is 9.18 Å². The van der Waals surface area contributed by atoms with E-state index in [4.69, 9.17) is 5.11 Å². The van der Waals surface area contributed by atoms with Crippen LogP contribution in [0.3, 0.4) is 0 Å². The molecule has 0 bridgehead atoms. The molecule has 1 saturated carbocycles. The number of aliphatic carboxylic acids is 1. The standard InChI is InChI=1S/C17H24FNO2/c18-14-9-7-13(8-10-14)11-16(12-17(20)21)19-15-5-3-1-2-4-6-15/h7-10,15-16,19H,1-6,11-12H2,(H,20,21). The third-order valence-corrected chi connectivity index (χ3v) is 4.14. The molecule has 0 aromatic heterocycles. The largest absolute Gasteiger partial charge is 0.481 e. The molecule has 1 aliphatic rings. The fourth-order valence-corrected chi connectivity index (χ4v) is 3.09. The number of carboxylic acid groups (broad SMARTS) is 1. The summed E-state index contributed by atoms with van der Waals surface area (Å²) in [5.41, 5.74) is 0.976. The summed E-state index contributed by atoms with van der Waals surface area (Å²) >= 11 is 0. The van der Waals surface area contributed by atoms with Gasteiger partial charge in [-0.05, 0) is 37.0 Å². The third kappa shape index (κ3) is 5.84. The summed E-state index contributed by atoms with van der Waals surface area (Å²) in [6.07, 6.45) is 7.97. The van der Waals surface area contributed by atoms with Crippen molar-refractivity contribution in [3.05, 3.63) is 35.6 Å². The maximum atomic E-state index is 12.9. The number of carboxylic acids is 1. The van der Waals surface area contributed by atoms with E-state index in [0.717, 1.165) is 18.4 Å². The quantitative estimate of drug-likeness (QED) is 0.789. The zero-order valence-corrected chi connectivity index (χ0v) is 12.4. The maximum Gasteiger partial charge on any atom is 0.304 e. The SMILES string of the molecule is O=C(O)CC(Cc1ccc(F)cc1)NC1CCCCCC1. The van der Waals surface area contributed by atoms with E-state index in [-0.39, 0.29) is 18.3 Å². The second-order valence-electron chi connectivity index (χ2n) is 5.98. The van der Waals surface area contributed by atoms with Crippen LogP contribution in [-0.4, -0.2) is 23.2 Å². The van der Waals surface area contributed by atoms with Gasteiger partial charge in [-0.25, -0.2) is 4.39 Å². The molecule has 3 nitrogen and oxygen atoms in total. The normalized spacial score (nSPS) is 18.1. The van der Waals surface area contributed by atoms with Gasteiger partial charge in [-0.2, -0.15) is 0 Å². The van der Waals surface area contributed by atoms with Crippen molar-refractivity contribution in [3.8, 4) is 0 Å². The molecule has 0 aliphatic heterocycles. The van der Waals surface area contributed by atoms with E-state index in [1.165, 1.54) is 37.8 Å². The average molecular weight is 293 g/mol. The lowest BCUT2D eigenvalue weighted by atomic mass is 10.0. The van der Waals surface area contributed by atoms with Crippen LogP contribution in [0.1, 0.15) is 50.5 Å². The zero-order valence-electron chi connectivity index (χ0n) is 12.4. The predicted octanol–water partition coefficient (Wildman–Crippen LogP) is 3.52. The monoisotopic (exact) mass is 293 g/mol. The van der Waals surface area contributed by atoms with E-state index in [0.29, 0.717) is 12.5 Å². The van der Waals surface area contributed by atoms with Crippen LogP contribution in [0.4, 0.5) is 4.39 Å². The molecule has 2 rings (SSSR count). The summed E-state index contributed by atoms with van der Waals surface area (Å²) in [6, 6.07) is 6.66. The van der Waals surface area contributed by atoms with Gasteiger partial charge in [0.15, 0.2) is 0 Å². The Balaban J connectivity index is 1.96. The Kier molecular flexibility index (Phi) is 6.18. The molecule has 0 saturated heterocycles. The van der Waals surface area contributed by atoms with Gasteiger partial charge >= 0.3 is 5.97 Å². The molecule has 2 N–H and O–H groups in total. The lowest BCUT2D eigenvalue weighted by molar-refractivity contribution is -0.137. The molecule has 116 valence electrons. The Morgan fingerprint density at radius 1 is 1.19 bits per heavy atom. The van der Waals surface area contributed by atoms with Crippen molar-refractivity contribution in [3.63, 3.8) is 0 Å². The van der Waals surface area contributed by atoms with Gasteiger partial charge < -0.3 is 10.4 Å². The van der Waals surface area contributed by atoms with Crippen molar-refractivity contribution in [1.29, 1.82) is 0 Å². The maximum absolute atomic E-state index is 12.9. The van der Waals surface area contributed by atoms with Crippen molar-refractivity contribution in [2.24, 2.45) is 0 Å². The number of hydrogen-bond acceptors (Lipinski definition) is 2. The fraction of sp³-hybridized carbons (Fsp3) is 0.588. The summed E-state index contributed by atoms with van der Waals surface area (Å²) in [7, 11) is 0. The molecule has 0 heterocycles. The number of halogens is 1. The van der Waals surface area contributed by atoms with Crippen LogP contribution in [0.15, 0.2) is 24.3 Å². The molecule has 0 radical (unpaired) electrons. The van der Waals surface area contributed by atoms with Gasteiger partial charge in [0.1, 0.15) is 5.82 Å². The van der Waals surface area contributed by atoms with Crippen molar-refractivity contribution in [1.82, 2.24) is 5.32 Å². The molecule has 0 spiro atoms. The first kappa shape index (κ1) is 16.0. The van der Waals surface area contributed by atoms with Gasteiger partial charge in [0.25, 0.3) is 0 Å². The molecule has 1 aromatic rings. The van der Waals surface area contributed by atoms with Crippen LogP contribution in [0.2, 0.25) is 0 Å². The Morgan fingerprint density at radius 2 is 1.81 bits per heavy atom. The Bertz CT molecular complexity index is 439. The highest BCUT2D eigenvalue weighted by Gasteiger charge is 2.19. The van der Waals surface area contributed by atoms with Crippen LogP contribution in [0.5, 0.6) is 0 Å². The molecule has 1 atom stereocenters. The van der Waals surface area contributed by atoms with E-state index >= 15 is 0 Å². The van der Waals surface area contributed by atoms with Gasteiger partial charge in [0.05, 0.1) is 6.42 Å². The van der Waals surface area contributed by atoms with Crippen molar-refractivity contribution in [2.45, 2.75) is 63.5 Å². The fourth-order valence-electron chi connectivity index (χ4n) is 3.09. The van der Waals surface area contributed by atoms with Gasteiger partial charge in [0.2, 0.25) is 0 Å². The molecule has 1 aromatic carbocycles. The van der Waals surface area contributed by atoms with Gasteiger partial charge in [0, 0.05) is 12.1 Å². The molecule has 21 heavy (non-hydrogen) atoms. The van der Waals surface area contributed by atoms with Crippen LogP contribution in [0.25, 0.3) is 0 Å². The highest BCUT2D eigenvalue weighted by Crippen LogP contribution is 2.19. The van der Waals surface area contributed by atoms with E-state index in [1.54, 1.807) is 12.1 Å². The molecular formula is C17H24FNO2. The average Bonchev–Trinajstić information content (AvgIpc) is 2.69. The zero-order chi connectivity index (χ0) is 15.1. The van der Waals surface area contributed by atoms with Crippen LogP contribution >= 0.6 is 0 Å². The highest BCUT2D eigenvalue weighted by molar-refractivity contribution is 5.67. The molecule has 4 heteroatoms. The van der Waals surface area contributed by atoms with Gasteiger partial charge in [-0.1, -0.05) is 37.8 Å². The first-order chi connectivity index (χ1) is 10.1. The third-order valence-electron chi connectivity index (χ3n) is 4.14. The number of hydrogen-bond donors (Lipinski definition) is 2. The number of rotatable bonds is 6. The van der Waals surface area contributed by atoms with E-state index < -0.39 is 5.97 Å². The topological polar surface area (TPSA) is 49.3 Å². The smallest absolute Gasteiger partial charge is 0.304 e. The molecular weight excluding hydrogens is 269 g/mol. The van der Waals surface area contributed by atoms with Gasteiger partial charge in [-0.15, -0.1) is 0 Å². The molecule has 1 unspecified atom stereocenters. The lowest BCUT2D eigenvalue weighted by Gasteiger charge is -2.24. The minimum absolute atomic E-state index is 0.0870. The first-order valence-corrected chi connectivity index (χ1v) is 7.86. The van der Waals surface area contributed by atoms with Crippen molar-refractivity contribution < 1.29 is 14.3 Å². The van der Waals surface area contributed by atoms with E-state index in [2.05, 4.69) is 5.32 Å². The number of benzene rings is 1. The molecule has 1 fully saturated rings. The van der Waals surface area contributed by atoms with Crippen LogP contribution < -0.4 is 5.32 Å². The minimum Gasteiger partial charge on any atom is -0.481 e. The summed E-state index contributed by atoms with van der Waals surface area (Å²) < 4.78 is 12.9. The lowest BCUT2D eigenvalue weighted by Crippen LogP contribution is -2.40. The molecule has 1 aliphatic carbocycles. The Hall–Kier alpha value is -1.42. The second-order valence-corrected chi connectivity index (χ2v) is 5.98. The number of carbonyl (C=O) groups is 1.